The van der Waals surface area contributed by atoms with E-state index in [9.17, 15) is 0 Å². The molecule has 1 heteroatoms. The molecular weight excluding hydrogens is 182 g/mol. The SMILES string of the molecule is C#CCN1CCc2cc(CC)ccc2C1. The van der Waals surface area contributed by atoms with Gasteiger partial charge in [-0.3, -0.25) is 4.90 Å². The highest BCUT2D eigenvalue weighted by atomic mass is 15.1. The van der Waals surface area contributed by atoms with E-state index in [0.29, 0.717) is 0 Å². The van der Waals surface area contributed by atoms with Crippen LogP contribution in [0.4, 0.5) is 0 Å². The normalized spacial score (nSPS) is 15.7. The number of terminal acetylenes is 1. The highest BCUT2D eigenvalue weighted by molar-refractivity contribution is 5.34. The highest BCUT2D eigenvalue weighted by Crippen LogP contribution is 2.20. The first-order chi connectivity index (χ1) is 7.33. The van der Waals surface area contributed by atoms with Crippen molar-refractivity contribution in [1.82, 2.24) is 4.90 Å². The average molecular weight is 199 g/mol. The van der Waals surface area contributed by atoms with Crippen molar-refractivity contribution in [3.8, 4) is 12.3 Å². The first-order valence-electron chi connectivity index (χ1n) is 5.60. The minimum absolute atomic E-state index is 0.773. The second kappa shape index (κ2) is 4.51. The van der Waals surface area contributed by atoms with Crippen molar-refractivity contribution in [1.29, 1.82) is 0 Å². The smallest absolute Gasteiger partial charge is 0.0601 e. The molecule has 1 aliphatic heterocycles. The number of hydrogen-bond acceptors (Lipinski definition) is 1. The molecule has 0 aromatic heterocycles. The second-order valence-electron chi connectivity index (χ2n) is 4.12. The van der Waals surface area contributed by atoms with Crippen LogP contribution in [0, 0.1) is 12.3 Å². The summed E-state index contributed by atoms with van der Waals surface area (Å²) in [6.07, 6.45) is 7.60. The van der Waals surface area contributed by atoms with Crippen LogP contribution in [0.3, 0.4) is 0 Å². The van der Waals surface area contributed by atoms with Crippen LogP contribution in [0.25, 0.3) is 0 Å². The molecule has 0 bridgehead atoms. The third-order valence-electron chi connectivity index (χ3n) is 3.09. The van der Waals surface area contributed by atoms with Gasteiger partial charge in [0.2, 0.25) is 0 Å². The lowest BCUT2D eigenvalue weighted by Crippen LogP contribution is -2.30. The van der Waals surface area contributed by atoms with E-state index in [0.717, 1.165) is 32.5 Å². The molecule has 0 spiro atoms. The van der Waals surface area contributed by atoms with E-state index in [2.05, 4.69) is 35.9 Å². The molecule has 15 heavy (non-hydrogen) atoms. The summed E-state index contributed by atoms with van der Waals surface area (Å²) >= 11 is 0. The molecule has 0 saturated heterocycles. The van der Waals surface area contributed by atoms with Crippen molar-refractivity contribution in [2.75, 3.05) is 13.1 Å². The molecule has 2 rings (SSSR count). The topological polar surface area (TPSA) is 3.24 Å². The van der Waals surface area contributed by atoms with Gasteiger partial charge in [0.1, 0.15) is 0 Å². The van der Waals surface area contributed by atoms with Gasteiger partial charge in [-0.2, -0.15) is 0 Å². The third kappa shape index (κ3) is 2.22. The number of aryl methyl sites for hydroxylation is 1. The van der Waals surface area contributed by atoms with E-state index in [1.54, 1.807) is 0 Å². The van der Waals surface area contributed by atoms with E-state index in [1.165, 1.54) is 16.7 Å². The first kappa shape index (κ1) is 10.3. The first-order valence-corrected chi connectivity index (χ1v) is 5.60. The molecule has 1 aliphatic rings. The van der Waals surface area contributed by atoms with E-state index < -0.39 is 0 Å². The number of benzene rings is 1. The van der Waals surface area contributed by atoms with Crippen molar-refractivity contribution < 1.29 is 0 Å². The van der Waals surface area contributed by atoms with Gasteiger partial charge in [0.15, 0.2) is 0 Å². The van der Waals surface area contributed by atoms with Crippen LogP contribution in [-0.4, -0.2) is 18.0 Å². The summed E-state index contributed by atoms with van der Waals surface area (Å²) in [4.78, 5) is 2.33. The predicted molar refractivity (Wildman–Crippen MR) is 63.6 cm³/mol. The van der Waals surface area contributed by atoms with Gasteiger partial charge in [-0.05, 0) is 29.5 Å². The zero-order chi connectivity index (χ0) is 10.7. The molecule has 0 unspecified atom stereocenters. The summed E-state index contributed by atoms with van der Waals surface area (Å²) in [5.41, 5.74) is 4.41. The van der Waals surface area contributed by atoms with Gasteiger partial charge in [-0.1, -0.05) is 31.0 Å². The van der Waals surface area contributed by atoms with E-state index in [4.69, 9.17) is 6.42 Å². The molecule has 0 N–H and O–H groups in total. The monoisotopic (exact) mass is 199 g/mol. The second-order valence-corrected chi connectivity index (χ2v) is 4.12. The maximum absolute atomic E-state index is 5.33. The molecule has 1 nitrogen and oxygen atoms in total. The van der Waals surface area contributed by atoms with E-state index in [1.807, 2.05) is 0 Å². The van der Waals surface area contributed by atoms with Gasteiger partial charge >= 0.3 is 0 Å². The zero-order valence-electron chi connectivity index (χ0n) is 9.29. The Morgan fingerprint density at radius 3 is 3.00 bits per heavy atom. The van der Waals surface area contributed by atoms with Gasteiger partial charge in [0.25, 0.3) is 0 Å². The summed E-state index contributed by atoms with van der Waals surface area (Å²) in [5, 5.41) is 0. The summed E-state index contributed by atoms with van der Waals surface area (Å²) in [7, 11) is 0. The molecule has 0 atom stereocenters. The van der Waals surface area contributed by atoms with Crippen molar-refractivity contribution in [3.05, 3.63) is 34.9 Å². The van der Waals surface area contributed by atoms with Crippen LogP contribution in [-0.2, 0) is 19.4 Å². The Balaban J connectivity index is 2.18. The molecule has 0 amide bonds. The Kier molecular flexibility index (Phi) is 3.08. The fourth-order valence-electron chi connectivity index (χ4n) is 2.15. The third-order valence-corrected chi connectivity index (χ3v) is 3.09. The van der Waals surface area contributed by atoms with Crippen LogP contribution < -0.4 is 0 Å². The minimum Gasteiger partial charge on any atom is -0.288 e. The van der Waals surface area contributed by atoms with Crippen LogP contribution in [0.1, 0.15) is 23.6 Å². The maximum Gasteiger partial charge on any atom is 0.0601 e. The van der Waals surface area contributed by atoms with Gasteiger partial charge in [-0.15, -0.1) is 6.42 Å². The number of rotatable bonds is 2. The van der Waals surface area contributed by atoms with Gasteiger partial charge in [0, 0.05) is 13.1 Å². The molecule has 1 aromatic carbocycles. The Morgan fingerprint density at radius 1 is 1.40 bits per heavy atom. The number of fused-ring (bicyclic) bond motifs is 1. The standard InChI is InChI=1S/C14H17N/c1-3-8-15-9-7-13-10-12(4-2)5-6-14(13)11-15/h1,5-6,10H,4,7-9,11H2,2H3. The summed E-state index contributed by atoms with van der Waals surface area (Å²) in [5.74, 6) is 2.72. The van der Waals surface area contributed by atoms with Gasteiger partial charge in [-0.25, -0.2) is 0 Å². The highest BCUT2D eigenvalue weighted by Gasteiger charge is 2.14. The lowest BCUT2D eigenvalue weighted by atomic mass is 9.96. The van der Waals surface area contributed by atoms with E-state index in [-0.39, 0.29) is 0 Å². The number of nitrogens with zero attached hydrogens (tertiary/aromatic N) is 1. The number of hydrogen-bond donors (Lipinski definition) is 0. The largest absolute Gasteiger partial charge is 0.288 e. The maximum atomic E-state index is 5.33. The van der Waals surface area contributed by atoms with Crippen LogP contribution >= 0.6 is 0 Å². The fourth-order valence-corrected chi connectivity index (χ4v) is 2.15. The molecule has 0 radical (unpaired) electrons. The minimum atomic E-state index is 0.773. The summed E-state index contributed by atoms with van der Waals surface area (Å²) < 4.78 is 0. The van der Waals surface area contributed by atoms with E-state index >= 15 is 0 Å². The molecule has 78 valence electrons. The Bertz CT molecular complexity index is 387. The Morgan fingerprint density at radius 2 is 2.27 bits per heavy atom. The lowest BCUT2D eigenvalue weighted by molar-refractivity contribution is 0.286. The Labute approximate surface area is 92.1 Å². The molecule has 0 saturated carbocycles. The van der Waals surface area contributed by atoms with Gasteiger partial charge < -0.3 is 0 Å². The molecule has 1 aromatic rings. The van der Waals surface area contributed by atoms with Gasteiger partial charge in [0.05, 0.1) is 6.54 Å². The lowest BCUT2D eigenvalue weighted by Gasteiger charge is -2.27. The molecule has 0 fully saturated rings. The quantitative estimate of drug-likeness (QED) is 0.660. The summed E-state index contributed by atoms with van der Waals surface area (Å²) in [6, 6.07) is 6.84. The van der Waals surface area contributed by atoms with Crippen molar-refractivity contribution in [3.63, 3.8) is 0 Å². The summed E-state index contributed by atoms with van der Waals surface area (Å²) in [6.45, 7) is 5.10. The fraction of sp³-hybridized carbons (Fsp3) is 0.429. The van der Waals surface area contributed by atoms with Crippen molar-refractivity contribution in [2.24, 2.45) is 0 Å². The van der Waals surface area contributed by atoms with Crippen LogP contribution in [0.15, 0.2) is 18.2 Å². The van der Waals surface area contributed by atoms with Crippen molar-refractivity contribution in [2.45, 2.75) is 26.3 Å². The Hall–Kier alpha value is -1.26. The molecular formula is C14H17N. The van der Waals surface area contributed by atoms with Crippen LogP contribution in [0.5, 0.6) is 0 Å². The molecule has 0 aliphatic carbocycles. The van der Waals surface area contributed by atoms with Crippen LogP contribution in [0.2, 0.25) is 0 Å². The average Bonchev–Trinajstić information content (AvgIpc) is 2.29. The predicted octanol–water partition coefficient (Wildman–Crippen LogP) is 2.24. The molecule has 1 heterocycles. The van der Waals surface area contributed by atoms with Crippen molar-refractivity contribution >= 4 is 0 Å². The zero-order valence-corrected chi connectivity index (χ0v) is 9.29.